The number of hydrogen-bond acceptors (Lipinski definition) is 4. The van der Waals surface area contributed by atoms with Gasteiger partial charge >= 0.3 is 12.3 Å². The molecule has 1 aliphatic heterocycles. The van der Waals surface area contributed by atoms with Gasteiger partial charge in [-0.3, -0.25) is 9.48 Å². The van der Waals surface area contributed by atoms with Gasteiger partial charge in [0.25, 0.3) is 0 Å². The summed E-state index contributed by atoms with van der Waals surface area (Å²) >= 11 is 0. The monoisotopic (exact) mass is 564 g/mol. The molecule has 0 saturated carbocycles. The van der Waals surface area contributed by atoms with Gasteiger partial charge in [0.05, 0.1) is 29.8 Å². The van der Waals surface area contributed by atoms with Crippen molar-refractivity contribution < 1.29 is 36.3 Å². The van der Waals surface area contributed by atoms with E-state index in [2.05, 4.69) is 10.4 Å². The van der Waals surface area contributed by atoms with Gasteiger partial charge in [-0.1, -0.05) is 18.2 Å². The molecule has 7 nitrogen and oxygen atoms in total. The van der Waals surface area contributed by atoms with Crippen LogP contribution in [0.5, 0.6) is 0 Å². The zero-order valence-electron chi connectivity index (χ0n) is 22.2. The van der Waals surface area contributed by atoms with Gasteiger partial charge in [-0.05, 0) is 57.4 Å². The van der Waals surface area contributed by atoms with Crippen molar-refractivity contribution in [3.05, 3.63) is 71.6 Å². The summed E-state index contributed by atoms with van der Waals surface area (Å²) in [5, 5.41) is 6.60. The maximum Gasteiger partial charge on any atom is 0.416 e. The van der Waals surface area contributed by atoms with Crippen molar-refractivity contribution in [2.45, 2.75) is 57.9 Å². The van der Waals surface area contributed by atoms with E-state index < -0.39 is 47.4 Å². The van der Waals surface area contributed by atoms with E-state index in [1.165, 1.54) is 24.5 Å². The maximum absolute atomic E-state index is 15.0. The van der Waals surface area contributed by atoms with Crippen LogP contribution in [0.25, 0.3) is 11.1 Å². The molecule has 1 aliphatic rings. The van der Waals surface area contributed by atoms with E-state index in [0.29, 0.717) is 25.9 Å². The Balaban J connectivity index is 1.40. The Morgan fingerprint density at radius 2 is 1.70 bits per heavy atom. The van der Waals surface area contributed by atoms with Gasteiger partial charge in [0.1, 0.15) is 17.2 Å². The predicted molar refractivity (Wildman–Crippen MR) is 137 cm³/mol. The van der Waals surface area contributed by atoms with Crippen molar-refractivity contribution in [1.29, 1.82) is 0 Å². The van der Waals surface area contributed by atoms with Crippen molar-refractivity contribution in [2.24, 2.45) is 0 Å². The minimum Gasteiger partial charge on any atom is -0.444 e. The van der Waals surface area contributed by atoms with E-state index in [1.54, 1.807) is 30.4 Å². The normalized spacial score (nSPS) is 14.8. The number of rotatable bonds is 5. The van der Waals surface area contributed by atoms with E-state index in [0.717, 1.165) is 24.3 Å². The summed E-state index contributed by atoms with van der Waals surface area (Å²) in [5.41, 5.74) is -1.68. The van der Waals surface area contributed by atoms with Crippen LogP contribution in [-0.4, -0.2) is 45.4 Å². The Hall–Kier alpha value is -3.96. The fourth-order valence-electron chi connectivity index (χ4n) is 4.48. The molecule has 4 rings (SSSR count). The molecule has 1 saturated heterocycles. The van der Waals surface area contributed by atoms with Crippen molar-refractivity contribution in [3.63, 3.8) is 0 Å². The van der Waals surface area contributed by atoms with Gasteiger partial charge < -0.3 is 15.0 Å². The second-order valence-corrected chi connectivity index (χ2v) is 10.6. The molecule has 0 unspecified atom stereocenters. The van der Waals surface area contributed by atoms with Gasteiger partial charge in [0, 0.05) is 30.5 Å². The van der Waals surface area contributed by atoms with Crippen molar-refractivity contribution in [3.8, 4) is 11.1 Å². The summed E-state index contributed by atoms with van der Waals surface area (Å²) in [5.74, 6) is -2.60. The molecule has 0 bridgehead atoms. The Bertz CT molecular complexity index is 1370. The summed E-state index contributed by atoms with van der Waals surface area (Å²) in [6.45, 7) is 6.28. The molecular formula is C28H29F5N4O3. The standard InChI is InChI=1S/C28H29F5N4O3/c1-27(2,3)40-26(39)36-9-7-21(8-10-36)37-16-18(15-34-37)25-22(29)13-20(14-23(25)30)35-24(38)12-17-5-4-6-19(11-17)28(31,32)33/h4-6,11,13-16,21H,7-10,12H2,1-3H3,(H,35,38). The predicted octanol–water partition coefficient (Wildman–Crippen LogP) is 6.60. The second-order valence-electron chi connectivity index (χ2n) is 10.6. The first-order valence-corrected chi connectivity index (χ1v) is 12.7. The summed E-state index contributed by atoms with van der Waals surface area (Å²) in [6.07, 6.45) is -1.31. The first kappa shape index (κ1) is 29.0. The summed E-state index contributed by atoms with van der Waals surface area (Å²) in [6, 6.07) is 6.09. The van der Waals surface area contributed by atoms with Crippen LogP contribution in [0, 0.1) is 11.6 Å². The van der Waals surface area contributed by atoms with Crippen LogP contribution < -0.4 is 5.32 Å². The fourth-order valence-corrected chi connectivity index (χ4v) is 4.48. The number of hydrogen-bond donors (Lipinski definition) is 1. The summed E-state index contributed by atoms with van der Waals surface area (Å²) < 4.78 is 75.7. The quantitative estimate of drug-likeness (QED) is 0.355. The summed E-state index contributed by atoms with van der Waals surface area (Å²) in [4.78, 5) is 26.3. The molecule has 2 amide bonds. The van der Waals surface area contributed by atoms with E-state index in [4.69, 9.17) is 4.74 Å². The Morgan fingerprint density at radius 3 is 2.30 bits per heavy atom. The smallest absolute Gasteiger partial charge is 0.416 e. The number of halogens is 5. The second kappa shape index (κ2) is 11.3. The molecular weight excluding hydrogens is 535 g/mol. The lowest BCUT2D eigenvalue weighted by Crippen LogP contribution is -2.42. The number of carbonyl (C=O) groups is 2. The molecule has 1 aromatic heterocycles. The molecule has 0 spiro atoms. The number of carbonyl (C=O) groups excluding carboxylic acids is 2. The van der Waals surface area contributed by atoms with Crippen LogP contribution in [0.3, 0.4) is 0 Å². The molecule has 3 aromatic rings. The van der Waals surface area contributed by atoms with Crippen molar-refractivity contribution in [1.82, 2.24) is 14.7 Å². The number of anilines is 1. The average Bonchev–Trinajstić information content (AvgIpc) is 3.32. The lowest BCUT2D eigenvalue weighted by molar-refractivity contribution is -0.137. The number of amides is 2. The highest BCUT2D eigenvalue weighted by Gasteiger charge is 2.31. The minimum atomic E-state index is -4.56. The molecule has 1 N–H and O–H groups in total. The number of nitrogens with zero attached hydrogens (tertiary/aromatic N) is 3. The SMILES string of the molecule is CC(C)(C)OC(=O)N1CCC(n2cc(-c3c(F)cc(NC(=O)Cc4cccc(C(F)(F)F)c4)cc3F)cn2)CC1. The number of piperidine rings is 1. The number of aromatic nitrogens is 2. The zero-order chi connectivity index (χ0) is 29.2. The van der Waals surface area contributed by atoms with Gasteiger partial charge in [0.15, 0.2) is 0 Å². The van der Waals surface area contributed by atoms with Crippen LogP contribution in [0.15, 0.2) is 48.8 Å². The van der Waals surface area contributed by atoms with Crippen molar-refractivity contribution in [2.75, 3.05) is 18.4 Å². The number of likely N-dealkylation sites (tertiary alicyclic amines) is 1. The van der Waals surface area contributed by atoms with Crippen LogP contribution >= 0.6 is 0 Å². The van der Waals surface area contributed by atoms with E-state index in [9.17, 15) is 31.5 Å². The first-order chi connectivity index (χ1) is 18.7. The van der Waals surface area contributed by atoms with Gasteiger partial charge in [-0.25, -0.2) is 13.6 Å². The topological polar surface area (TPSA) is 76.5 Å². The van der Waals surface area contributed by atoms with E-state index in [1.807, 2.05) is 0 Å². The Labute approximate surface area is 227 Å². The lowest BCUT2D eigenvalue weighted by atomic mass is 10.0. The third-order valence-electron chi connectivity index (χ3n) is 6.33. The highest BCUT2D eigenvalue weighted by Crippen LogP contribution is 2.32. The Morgan fingerprint density at radius 1 is 1.05 bits per heavy atom. The minimum absolute atomic E-state index is 0.0760. The molecule has 0 radical (unpaired) electrons. The third-order valence-corrected chi connectivity index (χ3v) is 6.33. The van der Waals surface area contributed by atoms with Crippen molar-refractivity contribution >= 4 is 17.7 Å². The maximum atomic E-state index is 15.0. The van der Waals surface area contributed by atoms with Crippen LogP contribution in [0.4, 0.5) is 32.4 Å². The number of alkyl halides is 3. The summed E-state index contributed by atoms with van der Waals surface area (Å²) in [7, 11) is 0. The largest absolute Gasteiger partial charge is 0.444 e. The molecule has 214 valence electrons. The van der Waals surface area contributed by atoms with E-state index in [-0.39, 0.29) is 28.4 Å². The van der Waals surface area contributed by atoms with Crippen LogP contribution in [0.2, 0.25) is 0 Å². The lowest BCUT2D eigenvalue weighted by Gasteiger charge is -2.33. The highest BCUT2D eigenvalue weighted by molar-refractivity contribution is 5.92. The molecule has 1 fully saturated rings. The van der Waals surface area contributed by atoms with Gasteiger partial charge in [-0.2, -0.15) is 18.3 Å². The Kier molecular flexibility index (Phi) is 8.18. The number of nitrogens with one attached hydrogen (secondary N) is 1. The molecule has 40 heavy (non-hydrogen) atoms. The average molecular weight is 565 g/mol. The molecule has 2 aromatic carbocycles. The highest BCUT2D eigenvalue weighted by atomic mass is 19.4. The third kappa shape index (κ3) is 7.16. The van der Waals surface area contributed by atoms with Crippen LogP contribution in [-0.2, 0) is 22.1 Å². The first-order valence-electron chi connectivity index (χ1n) is 12.7. The zero-order valence-corrected chi connectivity index (χ0v) is 22.2. The number of ether oxygens (including phenoxy) is 1. The molecule has 0 aliphatic carbocycles. The molecule has 2 heterocycles. The number of benzene rings is 2. The molecule has 0 atom stereocenters. The van der Waals surface area contributed by atoms with Crippen LogP contribution in [0.1, 0.15) is 50.8 Å². The molecule has 12 heteroatoms. The fraction of sp³-hybridized carbons (Fsp3) is 0.393. The van der Waals surface area contributed by atoms with Gasteiger partial charge in [-0.15, -0.1) is 0 Å². The van der Waals surface area contributed by atoms with Gasteiger partial charge in [0.2, 0.25) is 5.91 Å². The van der Waals surface area contributed by atoms with E-state index >= 15 is 0 Å².